The molecule has 1 amide bonds. The molecule has 0 aromatic carbocycles. The molecule has 0 saturated heterocycles. The summed E-state index contributed by atoms with van der Waals surface area (Å²) in [6.07, 6.45) is 1.64. The molecule has 190 valence electrons. The number of anilines is 2. The van der Waals surface area contributed by atoms with Crippen molar-refractivity contribution in [3.63, 3.8) is 0 Å². The summed E-state index contributed by atoms with van der Waals surface area (Å²) in [5.74, 6) is 0.715. The number of nitrogens with one attached hydrogen (secondary N) is 2. The van der Waals surface area contributed by atoms with Crippen LogP contribution < -0.4 is 22.3 Å². The summed E-state index contributed by atoms with van der Waals surface area (Å²) in [5, 5.41) is 3.15. The monoisotopic (exact) mass is 504 g/mol. The fourth-order valence-corrected chi connectivity index (χ4v) is 4.04. The largest absolute Gasteiger partial charge is 0.444 e. The van der Waals surface area contributed by atoms with E-state index >= 15 is 0 Å². The average molecular weight is 505 g/mol. The quantitative estimate of drug-likeness (QED) is 0.390. The van der Waals surface area contributed by atoms with Crippen LogP contribution in [0.2, 0.25) is 0 Å². The number of likely N-dealkylation sites (N-methyl/N-ethyl adjacent to an activating group) is 1. The van der Waals surface area contributed by atoms with Gasteiger partial charge in [-0.05, 0) is 39.1 Å². The number of ether oxygens (including phenoxy) is 1. The van der Waals surface area contributed by atoms with Crippen LogP contribution in [-0.4, -0.2) is 74.1 Å². The molecule has 4 N–H and O–H groups in total. The van der Waals surface area contributed by atoms with Gasteiger partial charge in [-0.3, -0.25) is 4.57 Å². The number of rotatable bonds is 8. The molecule has 13 heteroatoms. The first-order valence-electron chi connectivity index (χ1n) is 11.3. The van der Waals surface area contributed by atoms with Gasteiger partial charge in [0.15, 0.2) is 17.0 Å². The van der Waals surface area contributed by atoms with Gasteiger partial charge in [-0.1, -0.05) is 13.0 Å². The molecule has 0 spiro atoms. The fourth-order valence-electron chi connectivity index (χ4n) is 3.13. The van der Waals surface area contributed by atoms with Crippen molar-refractivity contribution in [2.45, 2.75) is 39.8 Å². The second-order valence-corrected chi connectivity index (χ2v) is 12.7. The van der Waals surface area contributed by atoms with Gasteiger partial charge in [-0.15, -0.1) is 0 Å². The van der Waals surface area contributed by atoms with Crippen LogP contribution in [0.25, 0.3) is 11.2 Å². The summed E-state index contributed by atoms with van der Waals surface area (Å²) in [5.41, 5.74) is 6.61. The normalized spacial score (nSPS) is 13.4. The highest BCUT2D eigenvalue weighted by Crippen LogP contribution is 2.38. The number of nitrogens with two attached hydrogens (primary N) is 1. The molecule has 3 rings (SSSR count). The third-order valence-electron chi connectivity index (χ3n) is 5.29. The number of nitrogens with zero attached hydrogens (tertiary/aromatic N) is 5. The van der Waals surface area contributed by atoms with E-state index in [-0.39, 0.29) is 17.9 Å². The Labute approximate surface area is 203 Å². The first-order valence-corrected chi connectivity index (χ1v) is 13.6. The second-order valence-electron chi connectivity index (χ2n) is 9.42. The van der Waals surface area contributed by atoms with Crippen LogP contribution in [0.1, 0.15) is 33.3 Å². The predicted molar refractivity (Wildman–Crippen MR) is 137 cm³/mol. The molecule has 1 atom stereocenters. The summed E-state index contributed by atoms with van der Waals surface area (Å²) >= 11 is 0. The molecule has 0 aliphatic rings. The highest BCUT2D eigenvalue weighted by molar-refractivity contribution is 7.70. The molecular formula is C22H33N8O4P. The van der Waals surface area contributed by atoms with Gasteiger partial charge in [-0.25, -0.2) is 24.5 Å². The lowest BCUT2D eigenvalue weighted by molar-refractivity contribution is 0.0305. The topological polar surface area (TPSA) is 161 Å². The zero-order valence-electron chi connectivity index (χ0n) is 21.0. The molecule has 35 heavy (non-hydrogen) atoms. The van der Waals surface area contributed by atoms with E-state index in [1.165, 1.54) is 9.47 Å². The van der Waals surface area contributed by atoms with Crippen molar-refractivity contribution in [3.05, 3.63) is 34.4 Å². The number of carbonyl (C=O) groups excluding carboxylic acids is 1. The molecule has 12 nitrogen and oxygen atoms in total. The highest BCUT2D eigenvalue weighted by atomic mass is 31.2. The standard InChI is InChI=1S/C22H33N8O4P/c1-7-35(6,33)19-27-17(23)16-18(28-19)30(20(31)26-16)13-14-8-9-15(25-12-14)24-10-11-29(5)21(32)34-22(2,3)4/h8-9,12H,7,10-11,13H2,1-6H3,(H,24,25)(H,26,31)(H2,23,27,28)/t35-/m1/s1. The Kier molecular flexibility index (Phi) is 7.54. The van der Waals surface area contributed by atoms with Crippen molar-refractivity contribution in [2.75, 3.05) is 44.0 Å². The van der Waals surface area contributed by atoms with Crippen molar-refractivity contribution >= 4 is 41.6 Å². The van der Waals surface area contributed by atoms with Crippen LogP contribution >= 0.6 is 7.14 Å². The van der Waals surface area contributed by atoms with Crippen molar-refractivity contribution in [1.82, 2.24) is 29.4 Å². The van der Waals surface area contributed by atoms with Crippen LogP contribution in [0.4, 0.5) is 16.4 Å². The van der Waals surface area contributed by atoms with Gasteiger partial charge < -0.3 is 30.2 Å². The Morgan fingerprint density at radius 3 is 2.63 bits per heavy atom. The third kappa shape index (κ3) is 6.39. The van der Waals surface area contributed by atoms with Crippen LogP contribution in [0.15, 0.2) is 23.1 Å². The van der Waals surface area contributed by atoms with Crippen LogP contribution in [0.3, 0.4) is 0 Å². The molecular weight excluding hydrogens is 471 g/mol. The number of carbonyl (C=O) groups is 1. The number of hydrogen-bond donors (Lipinski definition) is 3. The summed E-state index contributed by atoms with van der Waals surface area (Å²) < 4.78 is 19.5. The summed E-state index contributed by atoms with van der Waals surface area (Å²) in [6, 6.07) is 3.62. The van der Waals surface area contributed by atoms with Gasteiger partial charge in [0.05, 0.1) is 6.54 Å². The zero-order valence-corrected chi connectivity index (χ0v) is 21.8. The number of H-pyrrole nitrogens is 1. The van der Waals surface area contributed by atoms with E-state index in [4.69, 9.17) is 10.5 Å². The van der Waals surface area contributed by atoms with Gasteiger partial charge in [0.2, 0.25) is 0 Å². The number of fused-ring (bicyclic) bond motifs is 1. The van der Waals surface area contributed by atoms with E-state index in [1.807, 2.05) is 26.8 Å². The lowest BCUT2D eigenvalue weighted by atomic mass is 10.2. The van der Waals surface area contributed by atoms with E-state index in [1.54, 1.807) is 32.9 Å². The van der Waals surface area contributed by atoms with Crippen molar-refractivity contribution in [1.29, 1.82) is 0 Å². The minimum Gasteiger partial charge on any atom is -0.444 e. The molecule has 3 heterocycles. The summed E-state index contributed by atoms with van der Waals surface area (Å²) in [7, 11) is -1.10. The van der Waals surface area contributed by atoms with Crippen molar-refractivity contribution < 1.29 is 14.1 Å². The Balaban J connectivity index is 1.69. The van der Waals surface area contributed by atoms with E-state index in [0.29, 0.717) is 36.2 Å². The molecule has 0 aliphatic carbocycles. The molecule has 0 radical (unpaired) electrons. The summed E-state index contributed by atoms with van der Waals surface area (Å²) in [4.78, 5) is 41.7. The Bertz CT molecular complexity index is 1310. The molecule has 0 aliphatic heterocycles. The van der Waals surface area contributed by atoms with Crippen molar-refractivity contribution in [3.8, 4) is 0 Å². The second kappa shape index (κ2) is 10.1. The van der Waals surface area contributed by atoms with Crippen molar-refractivity contribution in [2.24, 2.45) is 0 Å². The van der Waals surface area contributed by atoms with Gasteiger partial charge in [-0.2, -0.15) is 0 Å². The van der Waals surface area contributed by atoms with Crippen LogP contribution in [-0.2, 0) is 15.8 Å². The zero-order chi connectivity index (χ0) is 26.0. The average Bonchev–Trinajstić information content (AvgIpc) is 3.09. The van der Waals surface area contributed by atoms with Gasteiger partial charge in [0.25, 0.3) is 0 Å². The summed E-state index contributed by atoms with van der Waals surface area (Å²) in [6.45, 7) is 9.98. The highest BCUT2D eigenvalue weighted by Gasteiger charge is 2.23. The van der Waals surface area contributed by atoms with Gasteiger partial charge in [0.1, 0.15) is 24.1 Å². The van der Waals surface area contributed by atoms with E-state index in [0.717, 1.165) is 5.56 Å². The number of imidazole rings is 1. The maximum Gasteiger partial charge on any atom is 0.410 e. The van der Waals surface area contributed by atoms with Gasteiger partial charge >= 0.3 is 11.8 Å². The molecule has 0 fully saturated rings. The lowest BCUT2D eigenvalue weighted by Crippen LogP contribution is -2.36. The minimum atomic E-state index is -2.78. The number of pyridine rings is 1. The first-order chi connectivity index (χ1) is 16.3. The van der Waals surface area contributed by atoms with Crippen LogP contribution in [0, 0.1) is 0 Å². The van der Waals surface area contributed by atoms with Gasteiger partial charge in [0, 0.05) is 32.5 Å². The van der Waals surface area contributed by atoms with E-state index in [2.05, 4.69) is 25.3 Å². The smallest absolute Gasteiger partial charge is 0.410 e. The number of aromatic nitrogens is 5. The number of amides is 1. The molecule has 0 unspecified atom stereocenters. The molecule has 0 saturated carbocycles. The van der Waals surface area contributed by atoms with Crippen LogP contribution in [0.5, 0.6) is 0 Å². The van der Waals surface area contributed by atoms with E-state index < -0.39 is 24.5 Å². The maximum absolute atomic E-state index is 12.8. The fraction of sp³-hybridized carbons (Fsp3) is 0.500. The molecule has 3 aromatic heterocycles. The first kappa shape index (κ1) is 26.2. The number of aromatic amines is 1. The minimum absolute atomic E-state index is 0.0883. The third-order valence-corrected chi connectivity index (χ3v) is 7.54. The van der Waals surface area contributed by atoms with E-state index in [9.17, 15) is 14.2 Å². The Morgan fingerprint density at radius 2 is 2.03 bits per heavy atom. The Hall–Kier alpha value is -3.40. The maximum atomic E-state index is 12.8. The predicted octanol–water partition coefficient (Wildman–Crippen LogP) is 2.06. The molecule has 3 aromatic rings. The number of hydrogen-bond acceptors (Lipinski definition) is 9. The number of nitrogen functional groups attached to an aromatic ring is 1. The molecule has 0 bridgehead atoms. The SMILES string of the molecule is CC[P@@](C)(=O)c1nc(N)c2[nH]c(=O)n(Cc3ccc(NCCN(C)C(=O)OC(C)(C)C)nc3)c2n1. The Morgan fingerprint density at radius 1 is 1.31 bits per heavy atom. The lowest BCUT2D eigenvalue weighted by Gasteiger charge is -2.24.